The first-order chi connectivity index (χ1) is 12.4. The van der Waals surface area contributed by atoms with Gasteiger partial charge in [0.05, 0.1) is 4.47 Å². The predicted octanol–water partition coefficient (Wildman–Crippen LogP) is 4.11. The lowest BCUT2D eigenvalue weighted by Gasteiger charge is -2.13. The molecule has 2 aromatic carbocycles. The topological polar surface area (TPSA) is 67.4 Å². The molecule has 0 aromatic heterocycles. The Bertz CT molecular complexity index is 792. The summed E-state index contributed by atoms with van der Waals surface area (Å²) in [5.41, 5.74) is 7.30. The number of hydrazine groups is 1. The number of hydrogen-bond donors (Lipinski definition) is 2. The molecule has 2 aromatic rings. The maximum atomic E-state index is 12.1. The van der Waals surface area contributed by atoms with Gasteiger partial charge in [0.15, 0.2) is 6.61 Å². The van der Waals surface area contributed by atoms with Gasteiger partial charge in [0.1, 0.15) is 5.75 Å². The Balaban J connectivity index is 1.85. The van der Waals surface area contributed by atoms with Gasteiger partial charge in [-0.05, 0) is 64.5 Å². The Hall–Kier alpha value is -2.34. The van der Waals surface area contributed by atoms with Gasteiger partial charge in [0.2, 0.25) is 0 Å². The van der Waals surface area contributed by atoms with Crippen molar-refractivity contribution in [1.82, 2.24) is 10.9 Å². The standard InChI is InChI=1S/C20H23BrN2O3/c1-4-13(2)15-9-10-18(17(21)11-15)26-12-19(24)22-23-20(25)16-8-6-5-7-14(16)3/h5-11,13H,4,12H2,1-3H3,(H,22,24)(H,23,25). The van der Waals surface area contributed by atoms with Gasteiger partial charge >= 0.3 is 0 Å². The number of carbonyl (C=O) groups is 2. The molecule has 6 heteroatoms. The number of ether oxygens (including phenoxy) is 1. The molecule has 0 fully saturated rings. The summed E-state index contributed by atoms with van der Waals surface area (Å²) in [5, 5.41) is 0. The zero-order valence-electron chi connectivity index (χ0n) is 15.1. The largest absolute Gasteiger partial charge is 0.483 e. The minimum Gasteiger partial charge on any atom is -0.483 e. The Morgan fingerprint density at radius 3 is 2.54 bits per heavy atom. The van der Waals surface area contributed by atoms with Crippen LogP contribution in [0.3, 0.4) is 0 Å². The van der Waals surface area contributed by atoms with Gasteiger partial charge in [0.25, 0.3) is 11.8 Å². The third kappa shape index (κ3) is 5.33. The lowest BCUT2D eigenvalue weighted by Crippen LogP contribution is -2.44. The Morgan fingerprint density at radius 1 is 1.15 bits per heavy atom. The van der Waals surface area contributed by atoms with Crippen LogP contribution in [-0.4, -0.2) is 18.4 Å². The van der Waals surface area contributed by atoms with E-state index in [1.165, 1.54) is 5.56 Å². The number of aryl methyl sites for hydroxylation is 1. The zero-order valence-corrected chi connectivity index (χ0v) is 16.7. The summed E-state index contributed by atoms with van der Waals surface area (Å²) in [4.78, 5) is 24.0. The zero-order chi connectivity index (χ0) is 19.1. The monoisotopic (exact) mass is 418 g/mol. The molecule has 2 N–H and O–H groups in total. The number of nitrogens with one attached hydrogen (secondary N) is 2. The van der Waals surface area contributed by atoms with Crippen LogP contribution in [0.5, 0.6) is 5.75 Å². The van der Waals surface area contributed by atoms with Crippen LogP contribution in [0, 0.1) is 6.92 Å². The summed E-state index contributed by atoms with van der Waals surface area (Å²) in [6.07, 6.45) is 1.05. The Kier molecular flexibility index (Phi) is 7.21. The fourth-order valence-corrected chi connectivity index (χ4v) is 2.89. The van der Waals surface area contributed by atoms with Crippen molar-refractivity contribution in [3.63, 3.8) is 0 Å². The lowest BCUT2D eigenvalue weighted by molar-refractivity contribution is -0.123. The molecule has 0 aliphatic heterocycles. The van der Waals surface area contributed by atoms with Crippen molar-refractivity contribution in [3.05, 3.63) is 63.6 Å². The van der Waals surface area contributed by atoms with E-state index in [0.29, 0.717) is 17.2 Å². The molecule has 1 atom stereocenters. The highest BCUT2D eigenvalue weighted by Gasteiger charge is 2.11. The molecule has 0 radical (unpaired) electrons. The van der Waals surface area contributed by atoms with Gasteiger partial charge in [0, 0.05) is 5.56 Å². The van der Waals surface area contributed by atoms with Crippen LogP contribution in [0.4, 0.5) is 0 Å². The molecular formula is C20H23BrN2O3. The number of halogens is 1. The molecule has 2 rings (SSSR count). The minimum atomic E-state index is -0.440. The van der Waals surface area contributed by atoms with E-state index in [9.17, 15) is 9.59 Å². The van der Waals surface area contributed by atoms with Crippen LogP contribution in [0.2, 0.25) is 0 Å². The Labute approximate surface area is 162 Å². The quantitative estimate of drug-likeness (QED) is 0.693. The van der Waals surface area contributed by atoms with Crippen molar-refractivity contribution in [3.8, 4) is 5.75 Å². The van der Waals surface area contributed by atoms with E-state index in [1.54, 1.807) is 12.1 Å². The van der Waals surface area contributed by atoms with E-state index in [4.69, 9.17) is 4.74 Å². The van der Waals surface area contributed by atoms with Crippen molar-refractivity contribution in [2.75, 3.05) is 6.61 Å². The van der Waals surface area contributed by atoms with E-state index in [1.807, 2.05) is 37.3 Å². The molecule has 0 heterocycles. The molecule has 0 aliphatic rings. The maximum absolute atomic E-state index is 12.1. The number of carbonyl (C=O) groups excluding carboxylic acids is 2. The predicted molar refractivity (Wildman–Crippen MR) is 105 cm³/mol. The highest BCUT2D eigenvalue weighted by molar-refractivity contribution is 9.10. The van der Waals surface area contributed by atoms with Crippen molar-refractivity contribution < 1.29 is 14.3 Å². The summed E-state index contributed by atoms with van der Waals surface area (Å²) in [6.45, 7) is 5.93. The minimum absolute atomic E-state index is 0.199. The van der Waals surface area contributed by atoms with E-state index in [0.717, 1.165) is 16.5 Å². The first kappa shape index (κ1) is 20.0. The molecule has 2 amide bonds. The third-order valence-corrected chi connectivity index (χ3v) is 4.82. The molecule has 0 spiro atoms. The highest BCUT2D eigenvalue weighted by Crippen LogP contribution is 2.29. The van der Waals surface area contributed by atoms with E-state index >= 15 is 0 Å². The first-order valence-electron chi connectivity index (χ1n) is 8.49. The van der Waals surface area contributed by atoms with Crippen molar-refractivity contribution in [2.45, 2.75) is 33.1 Å². The summed E-state index contributed by atoms with van der Waals surface area (Å²) >= 11 is 3.47. The average molecular weight is 419 g/mol. The summed E-state index contributed by atoms with van der Waals surface area (Å²) in [7, 11) is 0. The molecule has 1 unspecified atom stereocenters. The molecule has 0 aliphatic carbocycles. The van der Waals surface area contributed by atoms with Gasteiger partial charge in [-0.3, -0.25) is 20.4 Å². The number of rotatable bonds is 6. The summed E-state index contributed by atoms with van der Waals surface area (Å²) < 4.78 is 6.32. The molecule has 138 valence electrons. The fourth-order valence-electron chi connectivity index (χ4n) is 2.38. The van der Waals surface area contributed by atoms with Gasteiger partial charge in [-0.25, -0.2) is 0 Å². The van der Waals surface area contributed by atoms with Gasteiger partial charge in [-0.1, -0.05) is 38.1 Å². The normalized spacial score (nSPS) is 11.5. The number of benzene rings is 2. The van der Waals surface area contributed by atoms with Crippen LogP contribution in [0.25, 0.3) is 0 Å². The SMILES string of the molecule is CCC(C)c1ccc(OCC(=O)NNC(=O)c2ccccc2C)c(Br)c1. The second-order valence-corrected chi connectivity index (χ2v) is 6.96. The first-order valence-corrected chi connectivity index (χ1v) is 9.28. The average Bonchev–Trinajstić information content (AvgIpc) is 2.64. The molecule has 0 saturated heterocycles. The fraction of sp³-hybridized carbons (Fsp3) is 0.300. The van der Waals surface area contributed by atoms with Crippen LogP contribution in [-0.2, 0) is 4.79 Å². The molecular weight excluding hydrogens is 396 g/mol. The second-order valence-electron chi connectivity index (χ2n) is 6.11. The molecule has 26 heavy (non-hydrogen) atoms. The number of hydrogen-bond acceptors (Lipinski definition) is 3. The second kappa shape index (κ2) is 9.38. The van der Waals surface area contributed by atoms with E-state index in [-0.39, 0.29) is 12.5 Å². The van der Waals surface area contributed by atoms with Gasteiger partial charge in [-0.15, -0.1) is 0 Å². The van der Waals surface area contributed by atoms with Crippen molar-refractivity contribution in [2.24, 2.45) is 0 Å². The summed E-state index contributed by atoms with van der Waals surface area (Å²) in [5.74, 6) is 0.234. The van der Waals surface area contributed by atoms with Crippen LogP contribution in [0.1, 0.15) is 47.7 Å². The van der Waals surface area contributed by atoms with Crippen molar-refractivity contribution in [1.29, 1.82) is 0 Å². The third-order valence-electron chi connectivity index (χ3n) is 4.20. The highest BCUT2D eigenvalue weighted by atomic mass is 79.9. The lowest BCUT2D eigenvalue weighted by atomic mass is 9.99. The van der Waals surface area contributed by atoms with Gasteiger partial charge in [-0.2, -0.15) is 0 Å². The number of amides is 2. The van der Waals surface area contributed by atoms with Crippen LogP contribution >= 0.6 is 15.9 Å². The maximum Gasteiger partial charge on any atom is 0.276 e. The van der Waals surface area contributed by atoms with Gasteiger partial charge < -0.3 is 4.74 Å². The van der Waals surface area contributed by atoms with Crippen LogP contribution in [0.15, 0.2) is 46.9 Å². The van der Waals surface area contributed by atoms with Crippen molar-refractivity contribution >= 4 is 27.7 Å². The molecule has 0 saturated carbocycles. The molecule has 0 bridgehead atoms. The Morgan fingerprint density at radius 2 is 1.88 bits per heavy atom. The van der Waals surface area contributed by atoms with E-state index < -0.39 is 5.91 Å². The molecule has 5 nitrogen and oxygen atoms in total. The van der Waals surface area contributed by atoms with E-state index in [2.05, 4.69) is 40.6 Å². The smallest absolute Gasteiger partial charge is 0.276 e. The summed E-state index contributed by atoms with van der Waals surface area (Å²) in [6, 6.07) is 13.0. The van der Waals surface area contributed by atoms with Crippen LogP contribution < -0.4 is 15.6 Å².